The minimum atomic E-state index is -3.35. The van der Waals surface area contributed by atoms with Crippen LogP contribution in [0.25, 0.3) is 0 Å². The first-order chi connectivity index (χ1) is 11.6. The summed E-state index contributed by atoms with van der Waals surface area (Å²) in [7, 11) is -3.35. The van der Waals surface area contributed by atoms with Crippen LogP contribution in [0.1, 0.15) is 45.6 Å². The average Bonchev–Trinajstić information content (AvgIpc) is 2.50. The summed E-state index contributed by atoms with van der Waals surface area (Å²) in [5.74, 6) is -0.195. The van der Waals surface area contributed by atoms with Crippen LogP contribution in [0.4, 0.5) is 5.69 Å². The molecule has 1 unspecified atom stereocenters. The van der Waals surface area contributed by atoms with Crippen molar-refractivity contribution >= 4 is 21.6 Å². The Morgan fingerprint density at radius 3 is 2.20 bits per heavy atom. The van der Waals surface area contributed by atoms with Gasteiger partial charge in [-0.3, -0.25) is 9.52 Å². The Kier molecular flexibility index (Phi) is 5.52. The molecule has 1 amide bonds. The van der Waals surface area contributed by atoms with E-state index in [0.717, 1.165) is 11.8 Å². The van der Waals surface area contributed by atoms with Crippen LogP contribution in [0.3, 0.4) is 0 Å². The van der Waals surface area contributed by atoms with E-state index >= 15 is 0 Å². The molecule has 1 atom stereocenters. The van der Waals surface area contributed by atoms with Gasteiger partial charge in [0.05, 0.1) is 18.0 Å². The van der Waals surface area contributed by atoms with Crippen molar-refractivity contribution in [2.24, 2.45) is 0 Å². The molecule has 0 heterocycles. The first-order valence-corrected chi connectivity index (χ1v) is 9.92. The Labute approximate surface area is 149 Å². The van der Waals surface area contributed by atoms with E-state index in [-0.39, 0.29) is 11.9 Å². The average molecular weight is 360 g/mol. The molecule has 2 aromatic carbocycles. The van der Waals surface area contributed by atoms with Crippen LogP contribution >= 0.6 is 0 Å². The molecule has 0 saturated heterocycles. The lowest BCUT2D eigenvalue weighted by atomic mass is 10.0. The Balaban J connectivity index is 2.15. The van der Waals surface area contributed by atoms with E-state index in [0.29, 0.717) is 16.8 Å². The fourth-order valence-corrected chi connectivity index (χ4v) is 3.14. The van der Waals surface area contributed by atoms with Crippen LogP contribution < -0.4 is 10.0 Å². The number of amides is 1. The number of hydrogen-bond donors (Lipinski definition) is 2. The zero-order valence-corrected chi connectivity index (χ0v) is 16.0. The quantitative estimate of drug-likeness (QED) is 0.857. The minimum absolute atomic E-state index is 0.124. The van der Waals surface area contributed by atoms with Crippen molar-refractivity contribution in [1.29, 1.82) is 0 Å². The predicted molar refractivity (Wildman–Crippen MR) is 101 cm³/mol. The molecule has 134 valence electrons. The van der Waals surface area contributed by atoms with Crippen molar-refractivity contribution in [3.8, 4) is 0 Å². The molecule has 0 aliphatic carbocycles. The van der Waals surface area contributed by atoms with Gasteiger partial charge in [-0.2, -0.15) is 0 Å². The maximum absolute atomic E-state index is 12.5. The van der Waals surface area contributed by atoms with E-state index in [1.807, 2.05) is 26.0 Å². The third-order valence-electron chi connectivity index (χ3n) is 4.16. The topological polar surface area (TPSA) is 75.3 Å². The summed E-state index contributed by atoms with van der Waals surface area (Å²) in [6.45, 7) is 7.80. The number of carbonyl (C=O) groups excluding carboxylic acids is 1. The molecule has 0 aromatic heterocycles. The fraction of sp³-hybridized carbons (Fsp3) is 0.316. The Hall–Kier alpha value is -2.34. The van der Waals surface area contributed by atoms with E-state index in [1.165, 1.54) is 11.1 Å². The molecule has 2 N–H and O–H groups in total. The van der Waals surface area contributed by atoms with Gasteiger partial charge >= 0.3 is 0 Å². The molecule has 0 fully saturated rings. The Bertz CT molecular complexity index is 905. The number of aryl methyl sites for hydroxylation is 3. The lowest BCUT2D eigenvalue weighted by Gasteiger charge is -2.16. The summed E-state index contributed by atoms with van der Waals surface area (Å²) in [5.41, 5.74) is 5.10. The zero-order chi connectivity index (χ0) is 18.8. The summed E-state index contributed by atoms with van der Waals surface area (Å²) < 4.78 is 25.1. The first-order valence-electron chi connectivity index (χ1n) is 8.03. The summed E-state index contributed by atoms with van der Waals surface area (Å²) in [4.78, 5) is 12.5. The van der Waals surface area contributed by atoms with Gasteiger partial charge in [0, 0.05) is 5.56 Å². The van der Waals surface area contributed by atoms with Gasteiger partial charge in [0.1, 0.15) is 0 Å². The number of sulfonamides is 1. The summed E-state index contributed by atoms with van der Waals surface area (Å²) >= 11 is 0. The SMILES string of the molecule is Cc1ccc(C(C)NC(=O)c2ccc(NS(C)(=O)=O)c(C)c2)cc1C. The highest BCUT2D eigenvalue weighted by atomic mass is 32.2. The van der Waals surface area contributed by atoms with E-state index in [1.54, 1.807) is 25.1 Å². The molecular weight excluding hydrogens is 336 g/mol. The van der Waals surface area contributed by atoms with Gasteiger partial charge in [0.2, 0.25) is 10.0 Å². The fourth-order valence-electron chi connectivity index (χ4n) is 2.52. The molecule has 0 aliphatic rings. The first kappa shape index (κ1) is 19.0. The lowest BCUT2D eigenvalue weighted by Crippen LogP contribution is -2.26. The molecule has 6 heteroatoms. The van der Waals surface area contributed by atoms with Crippen LogP contribution in [0, 0.1) is 20.8 Å². The number of rotatable bonds is 5. The second-order valence-corrected chi connectivity index (χ2v) is 8.19. The smallest absolute Gasteiger partial charge is 0.251 e. The van der Waals surface area contributed by atoms with Gasteiger partial charge in [-0.25, -0.2) is 8.42 Å². The normalized spacial score (nSPS) is 12.5. The van der Waals surface area contributed by atoms with Gasteiger partial charge in [0.25, 0.3) is 5.91 Å². The highest BCUT2D eigenvalue weighted by Gasteiger charge is 2.14. The van der Waals surface area contributed by atoms with E-state index in [9.17, 15) is 13.2 Å². The highest BCUT2D eigenvalue weighted by molar-refractivity contribution is 7.92. The summed E-state index contributed by atoms with van der Waals surface area (Å²) in [6.07, 6.45) is 1.10. The van der Waals surface area contributed by atoms with Crippen molar-refractivity contribution in [2.75, 3.05) is 11.0 Å². The van der Waals surface area contributed by atoms with E-state index in [2.05, 4.69) is 23.0 Å². The molecule has 0 spiro atoms. The highest BCUT2D eigenvalue weighted by Crippen LogP contribution is 2.20. The molecule has 0 aliphatic heterocycles. The lowest BCUT2D eigenvalue weighted by molar-refractivity contribution is 0.0940. The molecule has 2 rings (SSSR count). The Morgan fingerprint density at radius 1 is 0.960 bits per heavy atom. The van der Waals surface area contributed by atoms with Crippen molar-refractivity contribution in [3.05, 3.63) is 64.2 Å². The van der Waals surface area contributed by atoms with Crippen LogP contribution in [0.2, 0.25) is 0 Å². The number of hydrogen-bond acceptors (Lipinski definition) is 3. The number of nitrogens with one attached hydrogen (secondary N) is 2. The molecule has 25 heavy (non-hydrogen) atoms. The maximum atomic E-state index is 12.5. The van der Waals surface area contributed by atoms with Gasteiger partial charge in [0.15, 0.2) is 0 Å². The largest absolute Gasteiger partial charge is 0.346 e. The molecule has 0 bridgehead atoms. The molecule has 5 nitrogen and oxygen atoms in total. The maximum Gasteiger partial charge on any atom is 0.251 e. The van der Waals surface area contributed by atoms with Gasteiger partial charge in [-0.05, 0) is 68.1 Å². The van der Waals surface area contributed by atoms with Gasteiger partial charge < -0.3 is 5.32 Å². The standard InChI is InChI=1S/C19H24N2O3S/c1-12-6-7-16(10-13(12)2)15(4)20-19(22)17-8-9-18(14(3)11-17)21-25(5,23)24/h6-11,15,21H,1-5H3,(H,20,22). The molecular formula is C19H24N2O3S. The number of benzene rings is 2. The van der Waals surface area contributed by atoms with Gasteiger partial charge in [-0.1, -0.05) is 18.2 Å². The van der Waals surface area contributed by atoms with Gasteiger partial charge in [-0.15, -0.1) is 0 Å². The zero-order valence-electron chi connectivity index (χ0n) is 15.2. The minimum Gasteiger partial charge on any atom is -0.346 e. The van der Waals surface area contributed by atoms with Crippen LogP contribution in [-0.4, -0.2) is 20.6 Å². The predicted octanol–water partition coefficient (Wildman–Crippen LogP) is 3.47. The van der Waals surface area contributed by atoms with Crippen molar-refractivity contribution < 1.29 is 13.2 Å². The van der Waals surface area contributed by atoms with Crippen molar-refractivity contribution in [2.45, 2.75) is 33.7 Å². The van der Waals surface area contributed by atoms with Crippen molar-refractivity contribution in [3.63, 3.8) is 0 Å². The van der Waals surface area contributed by atoms with Crippen LogP contribution in [0.15, 0.2) is 36.4 Å². The van der Waals surface area contributed by atoms with Crippen LogP contribution in [0.5, 0.6) is 0 Å². The third-order valence-corrected chi connectivity index (χ3v) is 4.75. The van der Waals surface area contributed by atoms with Crippen LogP contribution in [-0.2, 0) is 10.0 Å². The van der Waals surface area contributed by atoms with E-state index < -0.39 is 10.0 Å². The number of anilines is 1. The molecule has 2 aromatic rings. The summed E-state index contributed by atoms with van der Waals surface area (Å²) in [5, 5.41) is 2.98. The second kappa shape index (κ2) is 7.27. The third kappa shape index (κ3) is 5.06. The summed E-state index contributed by atoms with van der Waals surface area (Å²) in [6, 6.07) is 10.9. The number of carbonyl (C=O) groups is 1. The van der Waals surface area contributed by atoms with Crippen molar-refractivity contribution in [1.82, 2.24) is 5.32 Å². The molecule has 0 radical (unpaired) electrons. The second-order valence-electron chi connectivity index (χ2n) is 6.44. The monoisotopic (exact) mass is 360 g/mol. The molecule has 0 saturated carbocycles. The van der Waals surface area contributed by atoms with E-state index in [4.69, 9.17) is 0 Å². The Morgan fingerprint density at radius 2 is 1.64 bits per heavy atom.